The number of rotatable bonds is 9. The van der Waals surface area contributed by atoms with E-state index in [2.05, 4.69) is 5.32 Å². The van der Waals surface area contributed by atoms with Gasteiger partial charge >= 0.3 is 0 Å². The van der Waals surface area contributed by atoms with Crippen LogP contribution in [-0.4, -0.2) is 55.6 Å². The second kappa shape index (κ2) is 10.8. The Bertz CT molecular complexity index is 1270. The van der Waals surface area contributed by atoms with Crippen LogP contribution in [0, 0.1) is 6.92 Å². The molecule has 0 saturated carbocycles. The van der Waals surface area contributed by atoms with Gasteiger partial charge in [-0.1, -0.05) is 60.2 Å². The fourth-order valence-corrected chi connectivity index (χ4v) is 4.83. The van der Waals surface area contributed by atoms with Crippen molar-refractivity contribution in [1.82, 2.24) is 14.5 Å². The van der Waals surface area contributed by atoms with Gasteiger partial charge in [-0.05, 0) is 49.2 Å². The molecule has 7 nitrogen and oxygen atoms in total. The van der Waals surface area contributed by atoms with Gasteiger partial charge in [-0.25, -0.2) is 8.42 Å². The van der Waals surface area contributed by atoms with Crippen LogP contribution in [0.3, 0.4) is 0 Å². The maximum absolute atomic E-state index is 13.3. The Morgan fingerprint density at radius 3 is 2.26 bits per heavy atom. The highest BCUT2D eigenvalue weighted by atomic mass is 32.2. The first-order chi connectivity index (χ1) is 16.1. The fraction of sp³-hybridized carbons (Fsp3) is 0.308. The fourth-order valence-electron chi connectivity index (χ4n) is 3.67. The molecule has 0 aliphatic rings. The Balaban J connectivity index is 1.84. The summed E-state index contributed by atoms with van der Waals surface area (Å²) in [6, 6.07) is 19.3. The highest BCUT2D eigenvalue weighted by Crippen LogP contribution is 2.21. The maximum atomic E-state index is 13.3. The molecular weight excluding hydrogens is 450 g/mol. The largest absolute Gasteiger partial charge is 0.355 e. The monoisotopic (exact) mass is 481 g/mol. The third-order valence-corrected chi connectivity index (χ3v) is 7.58. The number of nitrogens with one attached hydrogen (secondary N) is 1. The highest BCUT2D eigenvalue weighted by molar-refractivity contribution is 7.89. The Morgan fingerprint density at radius 2 is 1.62 bits per heavy atom. The molecule has 0 heterocycles. The van der Waals surface area contributed by atoms with Crippen molar-refractivity contribution in [3.8, 4) is 0 Å². The summed E-state index contributed by atoms with van der Waals surface area (Å²) in [6.07, 6.45) is 0. The van der Waals surface area contributed by atoms with Crippen LogP contribution in [-0.2, 0) is 26.2 Å². The molecule has 8 heteroatoms. The van der Waals surface area contributed by atoms with Crippen LogP contribution in [0.5, 0.6) is 0 Å². The van der Waals surface area contributed by atoms with Crippen molar-refractivity contribution in [3.63, 3.8) is 0 Å². The number of likely N-dealkylation sites (N-methyl/N-ethyl adjacent to an activating group) is 2. The molecule has 3 rings (SSSR count). The van der Waals surface area contributed by atoms with E-state index < -0.39 is 22.0 Å². The second-order valence-corrected chi connectivity index (χ2v) is 10.4. The van der Waals surface area contributed by atoms with Crippen LogP contribution >= 0.6 is 0 Å². The first-order valence-electron chi connectivity index (χ1n) is 11.2. The SMILES string of the molecule is CCNC(=O)[C@H](C)N(Cc1ccc(C)cc1)C(=O)CN(C)S(=O)(=O)c1ccc2ccccc2c1. The summed E-state index contributed by atoms with van der Waals surface area (Å²) >= 11 is 0. The van der Waals surface area contributed by atoms with E-state index in [-0.39, 0.29) is 23.9 Å². The molecule has 34 heavy (non-hydrogen) atoms. The molecule has 0 bridgehead atoms. The minimum absolute atomic E-state index is 0.114. The molecular formula is C26H31N3O4S. The normalized spacial score (nSPS) is 12.5. The summed E-state index contributed by atoms with van der Waals surface area (Å²) in [5, 5.41) is 4.47. The van der Waals surface area contributed by atoms with E-state index in [9.17, 15) is 18.0 Å². The molecule has 0 aliphatic heterocycles. The topological polar surface area (TPSA) is 86.8 Å². The zero-order valence-corrected chi connectivity index (χ0v) is 20.8. The molecule has 0 spiro atoms. The summed E-state index contributed by atoms with van der Waals surface area (Å²) in [6.45, 7) is 5.67. The number of benzene rings is 3. The lowest BCUT2D eigenvalue weighted by Gasteiger charge is -2.30. The molecule has 0 aliphatic carbocycles. The average molecular weight is 482 g/mol. The van der Waals surface area contributed by atoms with E-state index in [1.165, 1.54) is 11.9 Å². The minimum Gasteiger partial charge on any atom is -0.355 e. The lowest BCUT2D eigenvalue weighted by Crippen LogP contribution is -2.50. The molecule has 2 amide bonds. The second-order valence-electron chi connectivity index (χ2n) is 8.35. The number of hydrogen-bond acceptors (Lipinski definition) is 4. The van der Waals surface area contributed by atoms with Crippen LogP contribution in [0.25, 0.3) is 10.8 Å². The molecule has 1 N–H and O–H groups in total. The summed E-state index contributed by atoms with van der Waals surface area (Å²) < 4.78 is 27.5. The number of aryl methyl sites for hydroxylation is 1. The maximum Gasteiger partial charge on any atom is 0.243 e. The summed E-state index contributed by atoms with van der Waals surface area (Å²) in [5.74, 6) is -0.741. The van der Waals surface area contributed by atoms with Gasteiger partial charge in [0.15, 0.2) is 0 Å². The quantitative estimate of drug-likeness (QED) is 0.508. The van der Waals surface area contributed by atoms with Crippen LogP contribution < -0.4 is 5.32 Å². The number of carbonyl (C=O) groups excluding carboxylic acids is 2. The molecule has 0 aromatic heterocycles. The van der Waals surface area contributed by atoms with Gasteiger partial charge < -0.3 is 10.2 Å². The molecule has 0 radical (unpaired) electrons. The van der Waals surface area contributed by atoms with E-state index in [1.54, 1.807) is 32.0 Å². The van der Waals surface area contributed by atoms with Gasteiger partial charge in [0.2, 0.25) is 21.8 Å². The standard InChI is InChI=1S/C26H31N3O4S/c1-5-27-26(31)20(3)29(17-21-12-10-19(2)11-13-21)25(30)18-28(4)34(32,33)24-15-14-22-8-6-7-9-23(22)16-24/h6-16,20H,5,17-18H2,1-4H3,(H,27,31)/t20-/m0/s1. The molecule has 0 saturated heterocycles. The van der Waals surface area contributed by atoms with Crippen LogP contribution in [0.2, 0.25) is 0 Å². The predicted octanol–water partition coefficient (Wildman–Crippen LogP) is 3.32. The lowest BCUT2D eigenvalue weighted by molar-refractivity contribution is -0.140. The summed E-state index contributed by atoms with van der Waals surface area (Å²) in [7, 11) is -2.53. The van der Waals surface area contributed by atoms with Gasteiger partial charge in [-0.2, -0.15) is 4.31 Å². The smallest absolute Gasteiger partial charge is 0.243 e. The molecule has 0 fully saturated rings. The van der Waals surface area contributed by atoms with Crippen molar-refractivity contribution in [2.24, 2.45) is 0 Å². The number of amides is 2. The minimum atomic E-state index is -3.91. The van der Waals surface area contributed by atoms with Crippen molar-refractivity contribution < 1.29 is 18.0 Å². The van der Waals surface area contributed by atoms with E-state index in [0.717, 1.165) is 26.2 Å². The van der Waals surface area contributed by atoms with Gasteiger partial charge in [0.05, 0.1) is 11.4 Å². The number of fused-ring (bicyclic) bond motifs is 1. The third-order valence-electron chi connectivity index (χ3n) is 5.78. The Labute approximate surface area is 201 Å². The van der Waals surface area contributed by atoms with E-state index in [4.69, 9.17) is 0 Å². The number of nitrogens with zero attached hydrogens (tertiary/aromatic N) is 2. The first-order valence-corrected chi connectivity index (χ1v) is 12.7. The summed E-state index contributed by atoms with van der Waals surface area (Å²) in [4.78, 5) is 27.4. The van der Waals surface area contributed by atoms with E-state index in [0.29, 0.717) is 6.54 Å². The first kappa shape index (κ1) is 25.4. The number of hydrogen-bond donors (Lipinski definition) is 1. The molecule has 0 unspecified atom stereocenters. The molecule has 180 valence electrons. The highest BCUT2D eigenvalue weighted by Gasteiger charge is 2.30. The Kier molecular flexibility index (Phi) is 8.06. The summed E-state index contributed by atoms with van der Waals surface area (Å²) in [5.41, 5.74) is 1.94. The van der Waals surface area contributed by atoms with Gasteiger partial charge in [0.25, 0.3) is 0 Å². The molecule has 3 aromatic rings. The predicted molar refractivity (Wildman–Crippen MR) is 134 cm³/mol. The van der Waals surface area contributed by atoms with Crippen molar-refractivity contribution >= 4 is 32.6 Å². The Morgan fingerprint density at radius 1 is 0.971 bits per heavy atom. The van der Waals surface area contributed by atoms with Crippen LogP contribution in [0.4, 0.5) is 0 Å². The molecule has 1 atom stereocenters. The zero-order chi connectivity index (χ0) is 24.9. The van der Waals surface area contributed by atoms with Crippen molar-refractivity contribution in [2.75, 3.05) is 20.1 Å². The van der Waals surface area contributed by atoms with Crippen molar-refractivity contribution in [3.05, 3.63) is 77.9 Å². The molecule has 3 aromatic carbocycles. The van der Waals surface area contributed by atoms with Crippen LogP contribution in [0.1, 0.15) is 25.0 Å². The van der Waals surface area contributed by atoms with Gasteiger partial charge in [0.1, 0.15) is 6.04 Å². The van der Waals surface area contributed by atoms with Gasteiger partial charge in [-0.15, -0.1) is 0 Å². The third kappa shape index (κ3) is 5.81. The Hall–Kier alpha value is -3.23. The van der Waals surface area contributed by atoms with Gasteiger partial charge in [0, 0.05) is 20.1 Å². The number of carbonyl (C=O) groups is 2. The van der Waals surface area contributed by atoms with Crippen LogP contribution in [0.15, 0.2) is 71.6 Å². The van der Waals surface area contributed by atoms with Crippen molar-refractivity contribution in [1.29, 1.82) is 0 Å². The zero-order valence-electron chi connectivity index (χ0n) is 20.0. The van der Waals surface area contributed by atoms with E-state index >= 15 is 0 Å². The van der Waals surface area contributed by atoms with E-state index in [1.807, 2.05) is 55.5 Å². The average Bonchev–Trinajstić information content (AvgIpc) is 2.82. The lowest BCUT2D eigenvalue weighted by atomic mass is 10.1. The van der Waals surface area contributed by atoms with Crippen molar-refractivity contribution in [2.45, 2.75) is 38.3 Å². The van der Waals surface area contributed by atoms with Gasteiger partial charge in [-0.3, -0.25) is 9.59 Å². The number of sulfonamides is 1.